The molecular weight excluding hydrogens is 198 g/mol. The average molecular weight is 213 g/mol. The van der Waals surface area contributed by atoms with E-state index in [4.69, 9.17) is 17.3 Å². The van der Waals surface area contributed by atoms with E-state index in [-0.39, 0.29) is 6.61 Å². The van der Waals surface area contributed by atoms with Gasteiger partial charge in [-0.3, -0.25) is 0 Å². The van der Waals surface area contributed by atoms with Crippen molar-refractivity contribution in [1.29, 1.82) is 0 Å². The lowest BCUT2D eigenvalue weighted by molar-refractivity contribution is 0.283. The summed E-state index contributed by atoms with van der Waals surface area (Å²) >= 11 is 4.92. The van der Waals surface area contributed by atoms with Gasteiger partial charge in [-0.1, -0.05) is 12.2 Å². The van der Waals surface area contributed by atoms with Crippen molar-refractivity contribution in [2.75, 3.05) is 18.5 Å². The van der Waals surface area contributed by atoms with Crippen molar-refractivity contribution in [1.82, 2.24) is 9.97 Å². The normalized spacial score (nSPS) is 10.1. The van der Waals surface area contributed by atoms with Crippen LogP contribution in [-0.2, 0) is 0 Å². The first-order valence-corrected chi connectivity index (χ1v) is 5.13. The topological polar surface area (TPSA) is 60.9 Å². The van der Waals surface area contributed by atoms with E-state index in [0.29, 0.717) is 4.64 Å². The number of hydrogen-bond donors (Lipinski definition) is 3. The fourth-order valence-electron chi connectivity index (χ4n) is 1.11. The lowest BCUT2D eigenvalue weighted by atomic mass is 10.2. The summed E-state index contributed by atoms with van der Waals surface area (Å²) in [6.45, 7) is 1.16. The van der Waals surface area contributed by atoms with Gasteiger partial charge in [0.1, 0.15) is 10.5 Å². The van der Waals surface area contributed by atoms with Crippen molar-refractivity contribution >= 4 is 18.0 Å². The van der Waals surface area contributed by atoms with Gasteiger partial charge in [-0.25, -0.2) is 4.98 Å². The molecule has 1 aromatic heterocycles. The number of H-pyrrole nitrogens is 1. The second-order valence-electron chi connectivity index (χ2n) is 3.01. The van der Waals surface area contributed by atoms with Crippen molar-refractivity contribution in [2.24, 2.45) is 0 Å². The lowest BCUT2D eigenvalue weighted by Crippen LogP contribution is -2.03. The number of rotatable bonds is 6. The highest BCUT2D eigenvalue weighted by atomic mass is 32.1. The monoisotopic (exact) mass is 213 g/mol. The summed E-state index contributed by atoms with van der Waals surface area (Å²) in [6.07, 6.45) is 4.53. The summed E-state index contributed by atoms with van der Waals surface area (Å²) < 4.78 is 0.585. The van der Waals surface area contributed by atoms with Gasteiger partial charge in [-0.2, -0.15) is 0 Å². The van der Waals surface area contributed by atoms with Crippen molar-refractivity contribution in [3.63, 3.8) is 0 Å². The van der Waals surface area contributed by atoms with Crippen molar-refractivity contribution < 1.29 is 5.11 Å². The highest BCUT2D eigenvalue weighted by Gasteiger charge is 1.91. The highest BCUT2D eigenvalue weighted by molar-refractivity contribution is 7.71. The summed E-state index contributed by atoms with van der Waals surface area (Å²) in [5.74, 6) is 0.897. The molecule has 0 amide bonds. The molecule has 1 heterocycles. The van der Waals surface area contributed by atoms with Crippen molar-refractivity contribution in [2.45, 2.75) is 19.3 Å². The van der Waals surface area contributed by atoms with E-state index in [9.17, 15) is 0 Å². The summed E-state index contributed by atoms with van der Waals surface area (Å²) in [7, 11) is 0. The molecule has 0 fully saturated rings. The summed E-state index contributed by atoms with van der Waals surface area (Å²) in [5, 5.41) is 11.8. The van der Waals surface area contributed by atoms with Crippen LogP contribution in [0, 0.1) is 4.64 Å². The second-order valence-corrected chi connectivity index (χ2v) is 3.43. The Hall–Kier alpha value is -0.940. The lowest BCUT2D eigenvalue weighted by Gasteiger charge is -2.04. The first-order chi connectivity index (χ1) is 6.83. The quantitative estimate of drug-likeness (QED) is 0.497. The van der Waals surface area contributed by atoms with E-state index >= 15 is 0 Å². The van der Waals surface area contributed by atoms with Gasteiger partial charge in [0.2, 0.25) is 0 Å². The maximum atomic E-state index is 8.57. The molecule has 0 saturated carbocycles. The molecule has 0 saturated heterocycles. The minimum absolute atomic E-state index is 0.275. The number of aliphatic hydroxyl groups excluding tert-OH is 1. The second kappa shape index (κ2) is 6.50. The van der Waals surface area contributed by atoms with Crippen LogP contribution in [0.4, 0.5) is 5.82 Å². The third kappa shape index (κ3) is 4.34. The zero-order valence-electron chi connectivity index (χ0n) is 7.99. The number of aromatic nitrogens is 2. The molecule has 0 bridgehead atoms. The summed E-state index contributed by atoms with van der Waals surface area (Å²) in [6, 6.07) is 1.79. The Kier molecular flexibility index (Phi) is 5.17. The Balaban J connectivity index is 2.21. The molecule has 0 unspecified atom stereocenters. The van der Waals surface area contributed by atoms with E-state index in [0.717, 1.165) is 31.6 Å². The maximum Gasteiger partial charge on any atom is 0.131 e. The molecule has 0 atom stereocenters. The predicted molar refractivity (Wildman–Crippen MR) is 58.8 cm³/mol. The molecule has 1 rings (SSSR count). The Morgan fingerprint density at radius 1 is 1.43 bits per heavy atom. The number of nitrogens with zero attached hydrogens (tertiary/aromatic N) is 1. The Bertz CT molecular complexity index is 313. The molecule has 0 aromatic carbocycles. The molecule has 0 spiro atoms. The minimum Gasteiger partial charge on any atom is -0.396 e. The van der Waals surface area contributed by atoms with E-state index < -0.39 is 0 Å². The van der Waals surface area contributed by atoms with Crippen LogP contribution in [0.25, 0.3) is 0 Å². The Morgan fingerprint density at radius 2 is 2.29 bits per heavy atom. The van der Waals surface area contributed by atoms with Crippen LogP contribution in [-0.4, -0.2) is 28.2 Å². The van der Waals surface area contributed by atoms with Gasteiger partial charge in [-0.05, 0) is 19.3 Å². The third-order valence-corrected chi connectivity index (χ3v) is 2.05. The molecule has 5 heteroatoms. The van der Waals surface area contributed by atoms with Gasteiger partial charge in [0.05, 0.1) is 6.33 Å². The number of hydrogen-bond acceptors (Lipinski definition) is 4. The van der Waals surface area contributed by atoms with Crippen LogP contribution in [0.5, 0.6) is 0 Å². The van der Waals surface area contributed by atoms with Gasteiger partial charge in [0, 0.05) is 19.2 Å². The average Bonchev–Trinajstić information content (AvgIpc) is 2.18. The molecule has 0 radical (unpaired) electrons. The number of unbranched alkanes of at least 4 members (excludes halogenated alkanes) is 2. The van der Waals surface area contributed by atoms with Gasteiger partial charge in [0.25, 0.3) is 0 Å². The van der Waals surface area contributed by atoms with Crippen molar-refractivity contribution in [3.8, 4) is 0 Å². The van der Waals surface area contributed by atoms with Crippen LogP contribution in [0.2, 0.25) is 0 Å². The van der Waals surface area contributed by atoms with Crippen molar-refractivity contribution in [3.05, 3.63) is 17.0 Å². The number of aliphatic hydroxyl groups is 1. The first-order valence-electron chi connectivity index (χ1n) is 4.72. The van der Waals surface area contributed by atoms with E-state index in [1.807, 2.05) is 0 Å². The molecule has 1 aromatic rings. The SMILES string of the molecule is OCCCCCNc1cc(=S)nc[nH]1. The van der Waals surface area contributed by atoms with Crippen LogP contribution >= 0.6 is 12.2 Å². The highest BCUT2D eigenvalue weighted by Crippen LogP contribution is 2.01. The van der Waals surface area contributed by atoms with Gasteiger partial charge >= 0.3 is 0 Å². The number of anilines is 1. The van der Waals surface area contributed by atoms with Crippen LogP contribution in [0.1, 0.15) is 19.3 Å². The molecular formula is C9H15N3OS. The zero-order valence-corrected chi connectivity index (χ0v) is 8.81. The van der Waals surface area contributed by atoms with Crippen LogP contribution < -0.4 is 5.32 Å². The molecule has 78 valence electrons. The largest absolute Gasteiger partial charge is 0.396 e. The molecule has 0 aliphatic rings. The van der Waals surface area contributed by atoms with Gasteiger partial charge in [-0.15, -0.1) is 0 Å². The maximum absolute atomic E-state index is 8.57. The fraction of sp³-hybridized carbons (Fsp3) is 0.556. The zero-order chi connectivity index (χ0) is 10.2. The van der Waals surface area contributed by atoms with E-state index in [2.05, 4.69) is 15.3 Å². The van der Waals surface area contributed by atoms with Crippen LogP contribution in [0.15, 0.2) is 12.4 Å². The molecule has 0 aliphatic carbocycles. The Morgan fingerprint density at radius 3 is 3.00 bits per heavy atom. The number of nitrogens with one attached hydrogen (secondary N) is 2. The minimum atomic E-state index is 0.275. The number of aromatic amines is 1. The molecule has 14 heavy (non-hydrogen) atoms. The van der Waals surface area contributed by atoms with E-state index in [1.165, 1.54) is 0 Å². The molecule has 4 nitrogen and oxygen atoms in total. The first kappa shape index (κ1) is 11.1. The van der Waals surface area contributed by atoms with Gasteiger partial charge < -0.3 is 15.4 Å². The molecule has 3 N–H and O–H groups in total. The van der Waals surface area contributed by atoms with E-state index in [1.54, 1.807) is 12.4 Å². The standard InChI is InChI=1S/C9H15N3OS/c13-5-3-1-2-4-10-8-6-9(14)12-7-11-8/h6-7,13H,1-5H2,(H2,10,11,12,14). The summed E-state index contributed by atoms with van der Waals surface area (Å²) in [5.41, 5.74) is 0. The fourth-order valence-corrected chi connectivity index (χ4v) is 1.28. The smallest absolute Gasteiger partial charge is 0.131 e. The summed E-state index contributed by atoms with van der Waals surface area (Å²) in [4.78, 5) is 6.85. The predicted octanol–water partition coefficient (Wildman–Crippen LogP) is 1.71. The van der Waals surface area contributed by atoms with Gasteiger partial charge in [0.15, 0.2) is 0 Å². The third-order valence-electron chi connectivity index (χ3n) is 1.83. The Labute approximate surface area is 88.4 Å². The molecule has 0 aliphatic heterocycles. The van der Waals surface area contributed by atoms with Crippen LogP contribution in [0.3, 0.4) is 0 Å².